The summed E-state index contributed by atoms with van der Waals surface area (Å²) in [5.41, 5.74) is 6.93. The summed E-state index contributed by atoms with van der Waals surface area (Å²) in [6.45, 7) is 7.29. The highest BCUT2D eigenvalue weighted by molar-refractivity contribution is 5.77. The Bertz CT molecular complexity index is 558. The maximum absolute atomic E-state index is 6.04. The average Bonchev–Trinajstić information content (AvgIpc) is 2.84. The molecule has 108 valence electrons. The summed E-state index contributed by atoms with van der Waals surface area (Å²) in [6.07, 6.45) is 0. The first-order chi connectivity index (χ1) is 9.62. The highest BCUT2D eigenvalue weighted by atomic mass is 16.5. The molecule has 4 heteroatoms. The summed E-state index contributed by atoms with van der Waals surface area (Å²) in [5.74, 6) is 0.948. The number of furan rings is 1. The monoisotopic (exact) mass is 274 g/mol. The smallest absolute Gasteiger partial charge is 0.134 e. The van der Waals surface area contributed by atoms with E-state index in [9.17, 15) is 0 Å². The molecule has 0 saturated carbocycles. The van der Waals surface area contributed by atoms with Crippen LogP contribution in [0.15, 0.2) is 34.7 Å². The Hall–Kier alpha value is -1.36. The summed E-state index contributed by atoms with van der Waals surface area (Å²) in [7, 11) is 0. The number of hydrogen-bond donors (Lipinski definition) is 1. The first-order valence-corrected chi connectivity index (χ1v) is 7.15. The van der Waals surface area contributed by atoms with Crippen LogP contribution in [0.2, 0.25) is 0 Å². The summed E-state index contributed by atoms with van der Waals surface area (Å²) in [6, 6.07) is 10.3. The second kappa shape index (κ2) is 5.20. The van der Waals surface area contributed by atoms with Gasteiger partial charge in [0.05, 0.1) is 19.3 Å². The maximum Gasteiger partial charge on any atom is 0.134 e. The molecule has 1 unspecified atom stereocenters. The Labute approximate surface area is 119 Å². The van der Waals surface area contributed by atoms with E-state index in [1.165, 1.54) is 0 Å². The van der Waals surface area contributed by atoms with E-state index in [0.717, 1.165) is 36.5 Å². The van der Waals surface area contributed by atoms with Crippen molar-refractivity contribution in [2.24, 2.45) is 5.73 Å². The lowest BCUT2D eigenvalue weighted by molar-refractivity contribution is -0.0744. The standard InChI is InChI=1S/C16H22N2O2/c1-16(2)11-19-8-7-18(16)13(10-17)15-9-12-5-3-4-6-14(12)20-15/h3-6,9,13H,7-8,10-11,17H2,1-2H3. The molecule has 0 spiro atoms. The van der Waals surface area contributed by atoms with Gasteiger partial charge in [0.1, 0.15) is 11.3 Å². The number of rotatable bonds is 3. The molecule has 0 radical (unpaired) electrons. The van der Waals surface area contributed by atoms with Gasteiger partial charge >= 0.3 is 0 Å². The van der Waals surface area contributed by atoms with Crippen LogP contribution >= 0.6 is 0 Å². The maximum atomic E-state index is 6.04. The van der Waals surface area contributed by atoms with Crippen LogP contribution in [0.3, 0.4) is 0 Å². The number of nitrogens with two attached hydrogens (primary N) is 1. The van der Waals surface area contributed by atoms with E-state index >= 15 is 0 Å². The van der Waals surface area contributed by atoms with Crippen LogP contribution in [0.5, 0.6) is 0 Å². The summed E-state index contributed by atoms with van der Waals surface area (Å²) >= 11 is 0. The molecule has 1 saturated heterocycles. The van der Waals surface area contributed by atoms with Crippen LogP contribution in [0.4, 0.5) is 0 Å². The molecule has 0 amide bonds. The quantitative estimate of drug-likeness (QED) is 0.934. The largest absolute Gasteiger partial charge is 0.459 e. The minimum atomic E-state index is -0.0265. The molecule has 2 N–H and O–H groups in total. The molecule has 20 heavy (non-hydrogen) atoms. The molecule has 1 fully saturated rings. The molecule has 1 aromatic carbocycles. The van der Waals surface area contributed by atoms with Gasteiger partial charge in [0.25, 0.3) is 0 Å². The first kappa shape index (κ1) is 13.6. The predicted octanol–water partition coefficient (Wildman–Crippen LogP) is 2.54. The minimum Gasteiger partial charge on any atom is -0.459 e. The first-order valence-electron chi connectivity index (χ1n) is 7.15. The second-order valence-electron chi connectivity index (χ2n) is 6.00. The fraction of sp³-hybridized carbons (Fsp3) is 0.500. The van der Waals surface area contributed by atoms with E-state index in [1.54, 1.807) is 0 Å². The molecule has 1 aromatic heterocycles. The molecule has 0 aliphatic carbocycles. The fourth-order valence-electron chi connectivity index (χ4n) is 3.01. The van der Waals surface area contributed by atoms with Gasteiger partial charge in [-0.3, -0.25) is 4.90 Å². The van der Waals surface area contributed by atoms with Crippen molar-refractivity contribution in [2.75, 3.05) is 26.3 Å². The molecule has 1 aliphatic heterocycles. The van der Waals surface area contributed by atoms with Crippen molar-refractivity contribution in [3.63, 3.8) is 0 Å². The number of para-hydroxylation sites is 1. The normalized spacial score (nSPS) is 21.1. The molecule has 1 aliphatic rings. The van der Waals surface area contributed by atoms with Gasteiger partial charge < -0.3 is 14.9 Å². The number of benzene rings is 1. The van der Waals surface area contributed by atoms with Gasteiger partial charge in [0.2, 0.25) is 0 Å². The van der Waals surface area contributed by atoms with Crippen molar-refractivity contribution < 1.29 is 9.15 Å². The van der Waals surface area contributed by atoms with E-state index in [0.29, 0.717) is 6.54 Å². The van der Waals surface area contributed by atoms with Gasteiger partial charge in [-0.25, -0.2) is 0 Å². The van der Waals surface area contributed by atoms with Crippen LogP contribution in [0.25, 0.3) is 11.0 Å². The third kappa shape index (κ3) is 2.35. The average molecular weight is 274 g/mol. The lowest BCUT2D eigenvalue weighted by Gasteiger charge is -2.45. The van der Waals surface area contributed by atoms with Crippen LogP contribution in [0.1, 0.15) is 25.6 Å². The van der Waals surface area contributed by atoms with E-state index in [4.69, 9.17) is 14.9 Å². The third-order valence-electron chi connectivity index (χ3n) is 4.08. The van der Waals surface area contributed by atoms with Gasteiger partial charge in [0, 0.05) is 24.0 Å². The molecule has 0 bridgehead atoms. The van der Waals surface area contributed by atoms with Crippen molar-refractivity contribution in [3.8, 4) is 0 Å². The zero-order valence-electron chi connectivity index (χ0n) is 12.1. The van der Waals surface area contributed by atoms with Crippen molar-refractivity contribution in [1.82, 2.24) is 4.90 Å². The number of morpholine rings is 1. The molecule has 4 nitrogen and oxygen atoms in total. The van der Waals surface area contributed by atoms with Crippen molar-refractivity contribution >= 4 is 11.0 Å². The van der Waals surface area contributed by atoms with Gasteiger partial charge in [-0.2, -0.15) is 0 Å². The Morgan fingerprint density at radius 2 is 2.15 bits per heavy atom. The molecule has 3 rings (SSSR count). The van der Waals surface area contributed by atoms with E-state index in [2.05, 4.69) is 30.9 Å². The van der Waals surface area contributed by atoms with E-state index < -0.39 is 0 Å². The van der Waals surface area contributed by atoms with Crippen LogP contribution < -0.4 is 5.73 Å². The topological polar surface area (TPSA) is 51.6 Å². The van der Waals surface area contributed by atoms with E-state index in [1.807, 2.05) is 18.2 Å². The van der Waals surface area contributed by atoms with Gasteiger partial charge in [-0.15, -0.1) is 0 Å². The lowest BCUT2D eigenvalue weighted by Crippen LogP contribution is -2.55. The summed E-state index contributed by atoms with van der Waals surface area (Å²) < 4.78 is 11.6. The Kier molecular flexibility index (Phi) is 3.54. The van der Waals surface area contributed by atoms with Crippen LogP contribution in [0, 0.1) is 0 Å². The van der Waals surface area contributed by atoms with Crippen molar-refractivity contribution in [3.05, 3.63) is 36.1 Å². The Balaban J connectivity index is 1.96. The van der Waals surface area contributed by atoms with Gasteiger partial charge in [0.15, 0.2) is 0 Å². The SMILES string of the molecule is CC1(C)COCCN1C(CN)c1cc2ccccc2o1. The van der Waals surface area contributed by atoms with Crippen molar-refractivity contribution in [1.29, 1.82) is 0 Å². The summed E-state index contributed by atoms with van der Waals surface area (Å²) in [5, 5.41) is 1.13. The van der Waals surface area contributed by atoms with Crippen LogP contribution in [-0.2, 0) is 4.74 Å². The number of fused-ring (bicyclic) bond motifs is 1. The molecule has 2 aromatic rings. The number of ether oxygens (including phenoxy) is 1. The molecule has 2 heterocycles. The molecular formula is C16H22N2O2. The molecule has 1 atom stereocenters. The highest BCUT2D eigenvalue weighted by Crippen LogP contribution is 2.33. The third-order valence-corrected chi connectivity index (χ3v) is 4.08. The molecular weight excluding hydrogens is 252 g/mol. The number of nitrogens with zero attached hydrogens (tertiary/aromatic N) is 1. The second-order valence-corrected chi connectivity index (χ2v) is 6.00. The number of hydrogen-bond acceptors (Lipinski definition) is 4. The fourth-order valence-corrected chi connectivity index (χ4v) is 3.01. The van der Waals surface area contributed by atoms with E-state index in [-0.39, 0.29) is 11.6 Å². The Morgan fingerprint density at radius 1 is 1.35 bits per heavy atom. The van der Waals surface area contributed by atoms with Crippen molar-refractivity contribution in [2.45, 2.75) is 25.4 Å². The summed E-state index contributed by atoms with van der Waals surface area (Å²) in [4.78, 5) is 2.40. The van der Waals surface area contributed by atoms with Gasteiger partial charge in [-0.1, -0.05) is 18.2 Å². The Morgan fingerprint density at radius 3 is 2.85 bits per heavy atom. The predicted molar refractivity (Wildman–Crippen MR) is 79.6 cm³/mol. The zero-order chi connectivity index (χ0) is 14.2. The minimum absolute atomic E-state index is 0.0265. The lowest BCUT2D eigenvalue weighted by atomic mass is 9.98. The zero-order valence-corrected chi connectivity index (χ0v) is 12.1. The highest BCUT2D eigenvalue weighted by Gasteiger charge is 2.36. The van der Waals surface area contributed by atoms with Gasteiger partial charge in [-0.05, 0) is 26.0 Å². The van der Waals surface area contributed by atoms with Crippen LogP contribution in [-0.4, -0.2) is 36.7 Å².